The summed E-state index contributed by atoms with van der Waals surface area (Å²) < 4.78 is 5.87. The summed E-state index contributed by atoms with van der Waals surface area (Å²) in [6.45, 7) is 0. The smallest absolute Gasteiger partial charge is 0.261 e. The number of nitrogens with zero attached hydrogens (tertiary/aromatic N) is 2. The minimum atomic E-state index is -0.341. The van der Waals surface area contributed by atoms with E-state index in [1.165, 1.54) is 0 Å². The summed E-state index contributed by atoms with van der Waals surface area (Å²) >= 11 is 0. The van der Waals surface area contributed by atoms with Gasteiger partial charge in [0.05, 0.1) is 6.10 Å². The fourth-order valence-corrected chi connectivity index (χ4v) is 2.68. The topological polar surface area (TPSA) is 84.3 Å². The van der Waals surface area contributed by atoms with Gasteiger partial charge in [-0.25, -0.2) is 4.98 Å². The average Bonchev–Trinajstić information content (AvgIpc) is 2.56. The number of hydrogen-bond acceptors (Lipinski definition) is 5. The highest BCUT2D eigenvalue weighted by Gasteiger charge is 2.24. The summed E-state index contributed by atoms with van der Waals surface area (Å²) in [5.74, 6) is 0.0221. The quantitative estimate of drug-likeness (QED) is 0.905. The molecule has 1 amide bonds. The second kappa shape index (κ2) is 7.19. The molecular weight excluding hydrogens is 294 g/mol. The molecule has 1 fully saturated rings. The molecule has 0 bridgehead atoms. The number of hydrogen-bond donors (Lipinski definition) is 2. The zero-order valence-electron chi connectivity index (χ0n) is 12.7. The fourth-order valence-electron chi connectivity index (χ4n) is 2.68. The molecule has 2 atom stereocenters. The first-order valence-corrected chi connectivity index (χ1v) is 7.73. The maximum absolute atomic E-state index is 12.4. The van der Waals surface area contributed by atoms with E-state index in [0.29, 0.717) is 23.6 Å². The van der Waals surface area contributed by atoms with Crippen molar-refractivity contribution in [3.8, 4) is 5.88 Å². The van der Waals surface area contributed by atoms with Gasteiger partial charge in [0, 0.05) is 30.7 Å². The summed E-state index contributed by atoms with van der Waals surface area (Å²) in [6.07, 6.45) is 7.51. The van der Waals surface area contributed by atoms with Crippen LogP contribution in [0.15, 0.2) is 42.9 Å². The summed E-state index contributed by atoms with van der Waals surface area (Å²) in [7, 11) is 0. The molecule has 1 aliphatic rings. The van der Waals surface area contributed by atoms with E-state index in [-0.39, 0.29) is 18.1 Å². The van der Waals surface area contributed by atoms with Gasteiger partial charge in [-0.1, -0.05) is 0 Å². The van der Waals surface area contributed by atoms with Crippen LogP contribution in [0.1, 0.15) is 36.0 Å². The lowest BCUT2D eigenvalue weighted by molar-refractivity contribution is 0.0508. The normalized spacial score (nSPS) is 20.7. The van der Waals surface area contributed by atoms with Gasteiger partial charge in [0.25, 0.3) is 5.91 Å². The molecule has 0 spiro atoms. The first-order chi connectivity index (χ1) is 11.2. The number of aliphatic hydroxyl groups excluding tert-OH is 1. The van der Waals surface area contributed by atoms with Crippen molar-refractivity contribution in [2.75, 3.05) is 5.32 Å². The Morgan fingerprint density at radius 1 is 1.22 bits per heavy atom. The van der Waals surface area contributed by atoms with Crippen molar-refractivity contribution in [2.45, 2.75) is 37.9 Å². The first kappa shape index (κ1) is 15.4. The monoisotopic (exact) mass is 313 g/mol. The Balaban J connectivity index is 1.73. The number of aliphatic hydroxyl groups is 1. The molecular formula is C17H19N3O3. The molecule has 2 aromatic rings. The number of nitrogens with one attached hydrogen (secondary N) is 1. The van der Waals surface area contributed by atoms with Gasteiger partial charge in [0.2, 0.25) is 5.88 Å². The minimum absolute atomic E-state index is 0.110. The Labute approximate surface area is 134 Å². The Morgan fingerprint density at radius 2 is 2.04 bits per heavy atom. The van der Waals surface area contributed by atoms with E-state index in [9.17, 15) is 9.90 Å². The SMILES string of the molecule is O=C(Nc1ccncc1)c1cccnc1OC1CCCC(O)C1. The molecule has 0 aliphatic heterocycles. The van der Waals surface area contributed by atoms with E-state index in [1.54, 1.807) is 42.9 Å². The van der Waals surface area contributed by atoms with Gasteiger partial charge < -0.3 is 15.2 Å². The molecule has 2 aromatic heterocycles. The van der Waals surface area contributed by atoms with Crippen LogP contribution in [-0.4, -0.2) is 33.2 Å². The van der Waals surface area contributed by atoms with Crippen molar-refractivity contribution >= 4 is 11.6 Å². The van der Waals surface area contributed by atoms with E-state index < -0.39 is 0 Å². The zero-order chi connectivity index (χ0) is 16.1. The van der Waals surface area contributed by atoms with Gasteiger partial charge in [-0.3, -0.25) is 9.78 Å². The van der Waals surface area contributed by atoms with Crippen molar-refractivity contribution in [2.24, 2.45) is 0 Å². The van der Waals surface area contributed by atoms with E-state index in [2.05, 4.69) is 15.3 Å². The average molecular weight is 313 g/mol. The third-order valence-electron chi connectivity index (χ3n) is 3.83. The zero-order valence-corrected chi connectivity index (χ0v) is 12.7. The number of carbonyl (C=O) groups is 1. The highest BCUT2D eigenvalue weighted by atomic mass is 16.5. The highest BCUT2D eigenvalue weighted by Crippen LogP contribution is 2.25. The number of carbonyl (C=O) groups excluding carboxylic acids is 1. The van der Waals surface area contributed by atoms with Gasteiger partial charge in [-0.15, -0.1) is 0 Å². The second-order valence-corrected chi connectivity index (χ2v) is 5.61. The van der Waals surface area contributed by atoms with Crippen LogP contribution < -0.4 is 10.1 Å². The number of anilines is 1. The van der Waals surface area contributed by atoms with Gasteiger partial charge in [-0.2, -0.15) is 0 Å². The number of ether oxygens (including phenoxy) is 1. The minimum Gasteiger partial charge on any atom is -0.474 e. The lowest BCUT2D eigenvalue weighted by Gasteiger charge is -2.26. The maximum atomic E-state index is 12.4. The fraction of sp³-hybridized carbons (Fsp3) is 0.353. The van der Waals surface area contributed by atoms with Crippen molar-refractivity contribution in [3.63, 3.8) is 0 Å². The third-order valence-corrected chi connectivity index (χ3v) is 3.83. The summed E-state index contributed by atoms with van der Waals surface area (Å²) in [5.41, 5.74) is 1.04. The molecule has 2 unspecified atom stereocenters. The molecule has 2 N–H and O–H groups in total. The van der Waals surface area contributed by atoms with E-state index in [1.807, 2.05) is 0 Å². The second-order valence-electron chi connectivity index (χ2n) is 5.61. The Hall–Kier alpha value is -2.47. The van der Waals surface area contributed by atoms with Crippen molar-refractivity contribution < 1.29 is 14.6 Å². The highest BCUT2D eigenvalue weighted by molar-refractivity contribution is 6.05. The Kier molecular flexibility index (Phi) is 4.83. The molecule has 0 aromatic carbocycles. The van der Waals surface area contributed by atoms with Crippen molar-refractivity contribution in [3.05, 3.63) is 48.4 Å². The van der Waals surface area contributed by atoms with E-state index >= 15 is 0 Å². The number of amides is 1. The number of rotatable bonds is 4. The van der Waals surface area contributed by atoms with E-state index in [0.717, 1.165) is 19.3 Å². The molecule has 1 saturated carbocycles. The molecule has 0 radical (unpaired) electrons. The Bertz CT molecular complexity index is 663. The Morgan fingerprint density at radius 3 is 2.83 bits per heavy atom. The van der Waals surface area contributed by atoms with Gasteiger partial charge in [0.15, 0.2) is 0 Å². The lowest BCUT2D eigenvalue weighted by atomic mass is 9.95. The predicted molar refractivity (Wildman–Crippen MR) is 85.3 cm³/mol. The summed E-state index contributed by atoms with van der Waals surface area (Å²) in [4.78, 5) is 20.5. The number of pyridine rings is 2. The standard InChI is InChI=1S/C17H19N3O3/c21-13-3-1-4-14(11-13)23-17-15(5-2-8-19-17)16(22)20-12-6-9-18-10-7-12/h2,5-10,13-14,21H,1,3-4,11H2,(H,18,20,22). The molecule has 0 saturated heterocycles. The van der Waals surface area contributed by atoms with E-state index in [4.69, 9.17) is 4.74 Å². The molecule has 120 valence electrons. The van der Waals surface area contributed by atoms with Crippen LogP contribution >= 0.6 is 0 Å². The van der Waals surface area contributed by atoms with Crippen LogP contribution in [0.25, 0.3) is 0 Å². The van der Waals surface area contributed by atoms with Crippen molar-refractivity contribution in [1.29, 1.82) is 0 Å². The van der Waals surface area contributed by atoms with Crippen LogP contribution in [0.4, 0.5) is 5.69 Å². The van der Waals surface area contributed by atoms with Gasteiger partial charge in [0.1, 0.15) is 11.7 Å². The van der Waals surface area contributed by atoms with Crippen molar-refractivity contribution in [1.82, 2.24) is 9.97 Å². The first-order valence-electron chi connectivity index (χ1n) is 7.73. The predicted octanol–water partition coefficient (Wildman–Crippen LogP) is 2.41. The van der Waals surface area contributed by atoms with Crippen LogP contribution in [0, 0.1) is 0 Å². The summed E-state index contributed by atoms with van der Waals surface area (Å²) in [5, 5.41) is 12.5. The lowest BCUT2D eigenvalue weighted by Crippen LogP contribution is -2.29. The molecule has 6 nitrogen and oxygen atoms in total. The third kappa shape index (κ3) is 4.04. The molecule has 6 heteroatoms. The maximum Gasteiger partial charge on any atom is 0.261 e. The van der Waals surface area contributed by atoms with Gasteiger partial charge in [-0.05, 0) is 43.5 Å². The molecule has 2 heterocycles. The number of aromatic nitrogens is 2. The molecule has 23 heavy (non-hydrogen) atoms. The molecule has 1 aliphatic carbocycles. The van der Waals surface area contributed by atoms with Crippen LogP contribution in [0.2, 0.25) is 0 Å². The van der Waals surface area contributed by atoms with Crippen LogP contribution in [0.5, 0.6) is 5.88 Å². The van der Waals surface area contributed by atoms with Crippen LogP contribution in [0.3, 0.4) is 0 Å². The molecule has 3 rings (SSSR count). The van der Waals surface area contributed by atoms with Crippen LogP contribution in [-0.2, 0) is 0 Å². The van der Waals surface area contributed by atoms with Gasteiger partial charge >= 0.3 is 0 Å². The summed E-state index contributed by atoms with van der Waals surface area (Å²) in [6, 6.07) is 6.81. The largest absolute Gasteiger partial charge is 0.474 e.